The molecule has 1 aromatic carbocycles. The first-order valence-corrected chi connectivity index (χ1v) is 8.59. The lowest BCUT2D eigenvalue weighted by Crippen LogP contribution is -2.25. The van der Waals surface area contributed by atoms with Gasteiger partial charge in [-0.3, -0.25) is 15.2 Å². The molecule has 0 atom stereocenters. The zero-order valence-corrected chi connectivity index (χ0v) is 15.1. The van der Waals surface area contributed by atoms with Crippen LogP contribution in [0.15, 0.2) is 12.1 Å². The lowest BCUT2D eigenvalue weighted by Gasteiger charge is -2.12. The summed E-state index contributed by atoms with van der Waals surface area (Å²) in [6.07, 6.45) is -2.89. The number of aromatic amines is 1. The number of hydrogen-bond acceptors (Lipinski definition) is 7. The topological polar surface area (TPSA) is 101 Å². The molecule has 4 heterocycles. The van der Waals surface area contributed by atoms with Crippen LogP contribution in [0.25, 0.3) is 10.2 Å². The van der Waals surface area contributed by atoms with Crippen LogP contribution in [0.2, 0.25) is 0 Å². The predicted molar refractivity (Wildman–Crippen MR) is 95.0 cm³/mol. The Kier molecular flexibility index (Phi) is 4.17. The van der Waals surface area contributed by atoms with E-state index in [-0.39, 0.29) is 29.8 Å². The monoisotopic (exact) mass is 415 g/mol. The van der Waals surface area contributed by atoms with Crippen molar-refractivity contribution in [2.24, 2.45) is 0 Å². The van der Waals surface area contributed by atoms with Gasteiger partial charge in [0.15, 0.2) is 22.3 Å². The molecule has 0 spiro atoms. The molecule has 0 unspecified atom stereocenters. The molecule has 142 valence electrons. The Bertz CT molecular complexity index is 1010. The van der Waals surface area contributed by atoms with Gasteiger partial charge in [0.2, 0.25) is 0 Å². The van der Waals surface area contributed by atoms with E-state index >= 15 is 0 Å². The van der Waals surface area contributed by atoms with Gasteiger partial charge >= 0.3 is 6.29 Å². The molecule has 0 aliphatic carbocycles. The average molecular weight is 416 g/mol. The molecule has 0 fully saturated rings. The average Bonchev–Trinajstić information content (AvgIpc) is 3.24. The Morgan fingerprint density at radius 3 is 2.89 bits per heavy atom. The molecule has 0 bridgehead atoms. The second kappa shape index (κ2) is 6.29. The third-order valence-electron chi connectivity index (χ3n) is 4.15. The van der Waals surface area contributed by atoms with Gasteiger partial charge < -0.3 is 14.8 Å². The van der Waals surface area contributed by atoms with Crippen LogP contribution in [0.3, 0.4) is 0 Å². The van der Waals surface area contributed by atoms with Crippen molar-refractivity contribution in [3.05, 3.63) is 29.1 Å². The van der Waals surface area contributed by atoms with E-state index in [1.54, 1.807) is 0 Å². The van der Waals surface area contributed by atoms with Crippen LogP contribution in [-0.2, 0) is 13.0 Å². The van der Waals surface area contributed by atoms with Crippen molar-refractivity contribution in [1.82, 2.24) is 20.5 Å². The first-order chi connectivity index (χ1) is 12.5. The number of carbonyl (C=O) groups excluding carboxylic acids is 1. The van der Waals surface area contributed by atoms with E-state index in [2.05, 4.69) is 35.3 Å². The van der Waals surface area contributed by atoms with Crippen LogP contribution in [0.5, 0.6) is 11.5 Å². The summed E-state index contributed by atoms with van der Waals surface area (Å²) >= 11 is 1.15. The van der Waals surface area contributed by atoms with Crippen LogP contribution < -0.4 is 20.1 Å². The van der Waals surface area contributed by atoms with Crippen molar-refractivity contribution >= 4 is 45.0 Å². The number of anilines is 1. The van der Waals surface area contributed by atoms with Gasteiger partial charge in [0.05, 0.1) is 10.2 Å². The molecule has 8 nitrogen and oxygen atoms in total. The van der Waals surface area contributed by atoms with Crippen molar-refractivity contribution in [2.75, 3.05) is 11.9 Å². The maximum Gasteiger partial charge on any atom is 0.586 e. The predicted octanol–water partition coefficient (Wildman–Crippen LogP) is 2.66. The van der Waals surface area contributed by atoms with Crippen LogP contribution >= 0.6 is 23.7 Å². The van der Waals surface area contributed by atoms with E-state index in [1.165, 1.54) is 12.1 Å². The van der Waals surface area contributed by atoms with Crippen LogP contribution in [0, 0.1) is 0 Å². The number of amides is 1. The first-order valence-electron chi connectivity index (χ1n) is 7.77. The van der Waals surface area contributed by atoms with Crippen molar-refractivity contribution in [3.63, 3.8) is 0 Å². The Morgan fingerprint density at radius 2 is 2.07 bits per heavy atom. The van der Waals surface area contributed by atoms with E-state index in [1.807, 2.05) is 0 Å². The standard InChI is InChI=1S/C15H11F2N5O3S.ClH/c16-15(17)24-9-3-8-11(4-10(9)25-15)26-14(19-8)20-13(23)12-6-5-18-2-1-7(6)21-22-12;/h3-4,18H,1-2,5H2,(H,21,22)(H,19,20,23);1H. The molecule has 3 aromatic rings. The third kappa shape index (κ3) is 3.07. The Labute approximate surface area is 160 Å². The van der Waals surface area contributed by atoms with Gasteiger partial charge in [-0.2, -0.15) is 5.10 Å². The Morgan fingerprint density at radius 1 is 1.30 bits per heavy atom. The fourth-order valence-corrected chi connectivity index (χ4v) is 3.87. The van der Waals surface area contributed by atoms with Crippen LogP contribution in [-0.4, -0.2) is 33.9 Å². The molecule has 12 heteroatoms. The number of carbonyl (C=O) groups is 1. The lowest BCUT2D eigenvalue weighted by atomic mass is 10.1. The normalized spacial score (nSPS) is 16.7. The van der Waals surface area contributed by atoms with E-state index in [0.717, 1.165) is 35.6 Å². The summed E-state index contributed by atoms with van der Waals surface area (Å²) in [7, 11) is 0. The van der Waals surface area contributed by atoms with Crippen molar-refractivity contribution < 1.29 is 23.0 Å². The number of rotatable bonds is 2. The van der Waals surface area contributed by atoms with E-state index in [9.17, 15) is 13.6 Å². The quantitative estimate of drug-likeness (QED) is 0.595. The first kappa shape index (κ1) is 17.9. The van der Waals surface area contributed by atoms with E-state index < -0.39 is 6.29 Å². The smallest absolute Gasteiger partial charge is 0.395 e. The third-order valence-corrected chi connectivity index (χ3v) is 5.09. The molecule has 5 rings (SSSR count). The fraction of sp³-hybridized carbons (Fsp3) is 0.267. The van der Waals surface area contributed by atoms with Gasteiger partial charge in [-0.25, -0.2) is 4.98 Å². The largest absolute Gasteiger partial charge is 0.586 e. The minimum Gasteiger partial charge on any atom is -0.395 e. The zero-order chi connectivity index (χ0) is 17.9. The van der Waals surface area contributed by atoms with Crippen LogP contribution in [0.1, 0.15) is 21.7 Å². The lowest BCUT2D eigenvalue weighted by molar-refractivity contribution is -0.286. The summed E-state index contributed by atoms with van der Waals surface area (Å²) in [6, 6.07) is 2.78. The number of alkyl halides is 2. The van der Waals surface area contributed by atoms with Gasteiger partial charge in [-0.05, 0) is 0 Å². The van der Waals surface area contributed by atoms with E-state index in [0.29, 0.717) is 27.6 Å². The van der Waals surface area contributed by atoms with Gasteiger partial charge in [0.1, 0.15) is 0 Å². The van der Waals surface area contributed by atoms with Gasteiger partial charge in [0.25, 0.3) is 5.91 Å². The summed E-state index contributed by atoms with van der Waals surface area (Å²) in [5, 5.41) is 13.2. The van der Waals surface area contributed by atoms with Gasteiger partial charge in [-0.1, -0.05) is 11.3 Å². The fourth-order valence-electron chi connectivity index (χ4n) is 3.00. The number of benzene rings is 1. The number of H-pyrrole nitrogens is 1. The van der Waals surface area contributed by atoms with Crippen molar-refractivity contribution in [1.29, 1.82) is 0 Å². The molecule has 0 saturated carbocycles. The number of nitrogens with zero attached hydrogens (tertiary/aromatic N) is 2. The van der Waals surface area contributed by atoms with Gasteiger partial charge in [0, 0.05) is 42.9 Å². The summed E-state index contributed by atoms with van der Waals surface area (Å²) in [4.78, 5) is 16.8. The molecule has 2 aliphatic rings. The molecule has 27 heavy (non-hydrogen) atoms. The highest BCUT2D eigenvalue weighted by atomic mass is 35.5. The molecule has 1 amide bonds. The second-order valence-electron chi connectivity index (χ2n) is 5.86. The van der Waals surface area contributed by atoms with Gasteiger partial charge in [-0.15, -0.1) is 21.2 Å². The highest BCUT2D eigenvalue weighted by Gasteiger charge is 2.43. The summed E-state index contributed by atoms with van der Waals surface area (Å²) in [5.41, 5.74) is 2.54. The molecule has 0 radical (unpaired) electrons. The number of nitrogens with one attached hydrogen (secondary N) is 3. The molecule has 0 saturated heterocycles. The van der Waals surface area contributed by atoms with E-state index in [4.69, 9.17) is 0 Å². The van der Waals surface area contributed by atoms with Crippen LogP contribution in [0.4, 0.5) is 13.9 Å². The van der Waals surface area contributed by atoms with Crippen molar-refractivity contribution in [2.45, 2.75) is 19.3 Å². The molecular weight excluding hydrogens is 404 g/mol. The second-order valence-corrected chi connectivity index (χ2v) is 6.89. The number of ether oxygens (including phenoxy) is 2. The Balaban J connectivity index is 0.00000180. The number of aromatic nitrogens is 3. The maximum absolute atomic E-state index is 13.1. The summed E-state index contributed by atoms with van der Waals surface area (Å²) < 4.78 is 35.6. The number of halogens is 3. The molecular formula is C15H12ClF2N5O3S. The highest BCUT2D eigenvalue weighted by molar-refractivity contribution is 7.22. The number of hydrogen-bond donors (Lipinski definition) is 3. The number of thiazole rings is 1. The maximum atomic E-state index is 13.1. The highest BCUT2D eigenvalue weighted by Crippen LogP contribution is 2.44. The Hall–Kier alpha value is -2.50. The minimum atomic E-state index is -3.67. The molecule has 2 aromatic heterocycles. The molecule has 3 N–H and O–H groups in total. The summed E-state index contributed by atoms with van der Waals surface area (Å²) in [6.45, 7) is 1.41. The molecule has 2 aliphatic heterocycles. The zero-order valence-electron chi connectivity index (χ0n) is 13.5. The number of fused-ring (bicyclic) bond motifs is 3. The SMILES string of the molecule is Cl.O=C(Nc1nc2cc3c(cc2s1)OC(F)(F)O3)c1n[nH]c2c1CNCC2. The minimum absolute atomic E-state index is 0. The summed E-state index contributed by atoms with van der Waals surface area (Å²) in [5.74, 6) is -0.522. The van der Waals surface area contributed by atoms with Crippen molar-refractivity contribution in [3.8, 4) is 11.5 Å².